The summed E-state index contributed by atoms with van der Waals surface area (Å²) in [5.41, 5.74) is 1.51. The molecule has 2 aliphatic rings. The minimum atomic E-state index is -0.351. The Hall–Kier alpha value is -2.83. The highest BCUT2D eigenvalue weighted by Gasteiger charge is 2.41. The molecule has 0 radical (unpaired) electrons. The van der Waals surface area contributed by atoms with E-state index in [4.69, 9.17) is 9.26 Å². The fraction of sp³-hybridized carbons (Fsp3) is 0.450. The van der Waals surface area contributed by atoms with Crippen molar-refractivity contribution in [3.8, 4) is 5.75 Å². The van der Waals surface area contributed by atoms with Crippen LogP contribution in [0.4, 0.5) is 5.69 Å². The summed E-state index contributed by atoms with van der Waals surface area (Å²) in [5.74, 6) is 0.990. The van der Waals surface area contributed by atoms with E-state index in [-0.39, 0.29) is 30.2 Å². The van der Waals surface area contributed by atoms with Gasteiger partial charge in [0.25, 0.3) is 0 Å². The Balaban J connectivity index is 1.52. The number of hydrogen-bond donors (Lipinski definition) is 0. The van der Waals surface area contributed by atoms with Crippen LogP contribution < -0.4 is 9.64 Å². The predicted molar refractivity (Wildman–Crippen MR) is 98.4 cm³/mol. The first-order valence-corrected chi connectivity index (χ1v) is 9.25. The van der Waals surface area contributed by atoms with Gasteiger partial charge in [0.1, 0.15) is 17.2 Å². The fourth-order valence-electron chi connectivity index (χ4n) is 4.07. The van der Waals surface area contributed by atoms with Crippen molar-refractivity contribution in [3.05, 3.63) is 41.8 Å². The van der Waals surface area contributed by atoms with Gasteiger partial charge in [0.2, 0.25) is 11.8 Å². The van der Waals surface area contributed by atoms with Crippen molar-refractivity contribution in [1.82, 2.24) is 10.1 Å². The maximum absolute atomic E-state index is 13.2. The summed E-state index contributed by atoms with van der Waals surface area (Å²) >= 11 is 0. The van der Waals surface area contributed by atoms with Crippen LogP contribution in [0, 0.1) is 12.8 Å². The third-order valence-electron chi connectivity index (χ3n) is 5.37. The van der Waals surface area contributed by atoms with Gasteiger partial charge in [-0.05, 0) is 31.9 Å². The Labute approximate surface area is 157 Å². The first-order chi connectivity index (χ1) is 13.1. The van der Waals surface area contributed by atoms with Gasteiger partial charge in [0, 0.05) is 25.6 Å². The molecule has 2 unspecified atom stereocenters. The van der Waals surface area contributed by atoms with E-state index in [0.29, 0.717) is 24.5 Å². The number of benzene rings is 1. The number of carbonyl (C=O) groups is 2. The molecule has 2 saturated heterocycles. The molecule has 2 fully saturated rings. The molecular formula is C20H23N3O4. The smallest absolute Gasteiger partial charge is 0.228 e. The molecule has 7 nitrogen and oxygen atoms in total. The van der Waals surface area contributed by atoms with Crippen LogP contribution in [0.15, 0.2) is 34.9 Å². The zero-order valence-corrected chi connectivity index (χ0v) is 15.6. The van der Waals surface area contributed by atoms with E-state index in [2.05, 4.69) is 5.16 Å². The van der Waals surface area contributed by atoms with E-state index in [9.17, 15) is 9.59 Å². The maximum Gasteiger partial charge on any atom is 0.228 e. The number of likely N-dealkylation sites (tertiary alicyclic amines) is 1. The summed E-state index contributed by atoms with van der Waals surface area (Å²) in [6.45, 7) is 2.91. The average Bonchev–Trinajstić information content (AvgIpc) is 3.40. The van der Waals surface area contributed by atoms with E-state index < -0.39 is 0 Å². The van der Waals surface area contributed by atoms with Crippen LogP contribution in [0.5, 0.6) is 5.75 Å². The molecule has 4 rings (SSSR count). The lowest BCUT2D eigenvalue weighted by atomic mass is 10.1. The van der Waals surface area contributed by atoms with Crippen molar-refractivity contribution >= 4 is 17.5 Å². The van der Waals surface area contributed by atoms with Crippen LogP contribution in [-0.4, -0.2) is 42.1 Å². The summed E-state index contributed by atoms with van der Waals surface area (Å²) < 4.78 is 10.6. The van der Waals surface area contributed by atoms with E-state index in [1.165, 1.54) is 0 Å². The molecule has 2 aromatic rings. The number of rotatable bonds is 4. The third-order valence-corrected chi connectivity index (χ3v) is 5.37. The molecule has 0 spiro atoms. The number of hydrogen-bond acceptors (Lipinski definition) is 5. The van der Waals surface area contributed by atoms with E-state index in [0.717, 1.165) is 24.3 Å². The van der Waals surface area contributed by atoms with Gasteiger partial charge in [-0.1, -0.05) is 17.3 Å². The van der Waals surface area contributed by atoms with Crippen molar-refractivity contribution in [2.45, 2.75) is 32.2 Å². The molecule has 2 atom stereocenters. The molecule has 142 valence electrons. The number of nitrogens with zero attached hydrogens (tertiary/aromatic N) is 3. The van der Waals surface area contributed by atoms with E-state index >= 15 is 0 Å². The highest BCUT2D eigenvalue weighted by Crippen LogP contribution is 2.37. The number of para-hydroxylation sites is 2. The first-order valence-electron chi connectivity index (χ1n) is 9.25. The Bertz CT molecular complexity index is 862. The molecule has 0 aliphatic carbocycles. The van der Waals surface area contributed by atoms with Crippen molar-refractivity contribution in [3.63, 3.8) is 0 Å². The monoisotopic (exact) mass is 369 g/mol. The van der Waals surface area contributed by atoms with Crippen LogP contribution in [-0.2, 0) is 9.59 Å². The Morgan fingerprint density at radius 1 is 1.33 bits per heavy atom. The highest BCUT2D eigenvalue weighted by atomic mass is 16.5. The molecule has 7 heteroatoms. The summed E-state index contributed by atoms with van der Waals surface area (Å²) in [5, 5.41) is 4.09. The first kappa shape index (κ1) is 17.6. The van der Waals surface area contributed by atoms with Gasteiger partial charge < -0.3 is 19.1 Å². The third kappa shape index (κ3) is 3.18. The van der Waals surface area contributed by atoms with Crippen molar-refractivity contribution in [2.75, 3.05) is 25.1 Å². The molecule has 0 N–H and O–H groups in total. The fourth-order valence-corrected chi connectivity index (χ4v) is 4.07. The summed E-state index contributed by atoms with van der Waals surface area (Å²) in [6, 6.07) is 9.22. The van der Waals surface area contributed by atoms with Crippen LogP contribution in [0.2, 0.25) is 0 Å². The SMILES string of the molecule is COc1ccccc1N1CC(C(=O)N2CCCC2c2cc(C)on2)CC1=O. The molecule has 1 aromatic heterocycles. The molecule has 27 heavy (non-hydrogen) atoms. The lowest BCUT2D eigenvalue weighted by molar-refractivity contribution is -0.136. The average molecular weight is 369 g/mol. The van der Waals surface area contributed by atoms with E-state index in [1.54, 1.807) is 12.0 Å². The number of aromatic nitrogens is 1. The summed E-state index contributed by atoms with van der Waals surface area (Å²) in [4.78, 5) is 29.3. The van der Waals surface area contributed by atoms with Crippen LogP contribution in [0.3, 0.4) is 0 Å². The lowest BCUT2D eigenvalue weighted by Crippen LogP contribution is -2.37. The maximum atomic E-state index is 13.2. The predicted octanol–water partition coefficient (Wildman–Crippen LogP) is 2.71. The standard InChI is InChI=1S/C20H23N3O4/c1-13-10-15(21-27-13)16-7-5-9-22(16)20(25)14-11-19(24)23(12-14)17-6-3-4-8-18(17)26-2/h3-4,6,8,10,14,16H,5,7,9,11-12H2,1-2H3. The van der Waals surface area contributed by atoms with Gasteiger partial charge in [-0.3, -0.25) is 9.59 Å². The number of ether oxygens (including phenoxy) is 1. The van der Waals surface area contributed by atoms with Crippen LogP contribution in [0.1, 0.15) is 36.8 Å². The Morgan fingerprint density at radius 2 is 2.15 bits per heavy atom. The summed E-state index contributed by atoms with van der Waals surface area (Å²) in [6.07, 6.45) is 2.02. The second-order valence-electron chi connectivity index (χ2n) is 7.13. The number of anilines is 1. The van der Waals surface area contributed by atoms with Gasteiger partial charge in [-0.25, -0.2) is 0 Å². The van der Waals surface area contributed by atoms with Crippen LogP contribution in [0.25, 0.3) is 0 Å². The van der Waals surface area contributed by atoms with Crippen molar-refractivity contribution in [2.24, 2.45) is 5.92 Å². The van der Waals surface area contributed by atoms with Gasteiger partial charge in [-0.15, -0.1) is 0 Å². The number of aryl methyl sites for hydroxylation is 1. The van der Waals surface area contributed by atoms with Crippen LogP contribution >= 0.6 is 0 Å². The number of amides is 2. The molecule has 0 bridgehead atoms. The summed E-state index contributed by atoms with van der Waals surface area (Å²) in [7, 11) is 1.58. The second kappa shape index (κ2) is 7.06. The molecule has 2 amide bonds. The largest absolute Gasteiger partial charge is 0.495 e. The number of carbonyl (C=O) groups excluding carboxylic acids is 2. The normalized spacial score (nSPS) is 22.5. The van der Waals surface area contributed by atoms with Gasteiger partial charge in [0.05, 0.1) is 24.8 Å². The van der Waals surface area contributed by atoms with Crippen molar-refractivity contribution in [1.29, 1.82) is 0 Å². The van der Waals surface area contributed by atoms with E-state index in [1.807, 2.05) is 42.2 Å². The molecular weight excluding hydrogens is 346 g/mol. The molecule has 1 aromatic carbocycles. The minimum Gasteiger partial charge on any atom is -0.495 e. The lowest BCUT2D eigenvalue weighted by Gasteiger charge is -2.26. The van der Waals surface area contributed by atoms with Gasteiger partial charge in [-0.2, -0.15) is 0 Å². The molecule has 0 saturated carbocycles. The van der Waals surface area contributed by atoms with Gasteiger partial charge >= 0.3 is 0 Å². The van der Waals surface area contributed by atoms with Gasteiger partial charge in [0.15, 0.2) is 0 Å². The zero-order valence-electron chi connectivity index (χ0n) is 15.6. The highest BCUT2D eigenvalue weighted by molar-refractivity contribution is 6.01. The Morgan fingerprint density at radius 3 is 2.89 bits per heavy atom. The second-order valence-corrected chi connectivity index (χ2v) is 7.13. The minimum absolute atomic E-state index is 0.0175. The van der Waals surface area contributed by atoms with Crippen molar-refractivity contribution < 1.29 is 18.8 Å². The zero-order chi connectivity index (χ0) is 19.0. The Kier molecular flexibility index (Phi) is 4.59. The quantitative estimate of drug-likeness (QED) is 0.828. The molecule has 3 heterocycles. The number of methoxy groups -OCH3 is 1. The topological polar surface area (TPSA) is 75.9 Å². The molecule has 2 aliphatic heterocycles.